The van der Waals surface area contributed by atoms with E-state index in [1.807, 2.05) is 0 Å². The third kappa shape index (κ3) is 4.19. The lowest BCUT2D eigenvalue weighted by atomic mass is 10.1. The highest BCUT2D eigenvalue weighted by Gasteiger charge is 2.15. The highest BCUT2D eigenvalue weighted by Crippen LogP contribution is 2.19. The summed E-state index contributed by atoms with van der Waals surface area (Å²) in [6.07, 6.45) is 4.25. The van der Waals surface area contributed by atoms with E-state index in [4.69, 9.17) is 11.6 Å². The van der Waals surface area contributed by atoms with Crippen molar-refractivity contribution >= 4 is 34.8 Å². The number of carbonyl (C=O) groups is 2. The van der Waals surface area contributed by atoms with Crippen molar-refractivity contribution in [1.29, 1.82) is 0 Å². The van der Waals surface area contributed by atoms with Crippen molar-refractivity contribution in [2.45, 2.75) is 0 Å². The van der Waals surface area contributed by atoms with E-state index in [0.29, 0.717) is 22.0 Å². The first-order valence-electron chi connectivity index (χ1n) is 7.37. The van der Waals surface area contributed by atoms with Crippen LogP contribution in [-0.4, -0.2) is 21.8 Å². The number of hydrogen-bond donors (Lipinski definition) is 2. The first-order chi connectivity index (χ1) is 12.1. The van der Waals surface area contributed by atoms with Gasteiger partial charge in [0.2, 0.25) is 0 Å². The van der Waals surface area contributed by atoms with Crippen LogP contribution in [0.1, 0.15) is 20.8 Å². The molecule has 0 bridgehead atoms. The minimum absolute atomic E-state index is 0.162. The van der Waals surface area contributed by atoms with E-state index < -0.39 is 5.91 Å². The van der Waals surface area contributed by atoms with Crippen LogP contribution in [-0.2, 0) is 0 Å². The van der Waals surface area contributed by atoms with Gasteiger partial charge in [-0.1, -0.05) is 23.7 Å². The number of rotatable bonds is 4. The van der Waals surface area contributed by atoms with Crippen molar-refractivity contribution in [3.63, 3.8) is 0 Å². The molecule has 3 aromatic rings. The number of nitrogens with zero attached hydrogens (tertiary/aromatic N) is 2. The zero-order valence-electron chi connectivity index (χ0n) is 12.9. The molecule has 2 aromatic carbocycles. The average Bonchev–Trinajstić information content (AvgIpc) is 2.64. The Morgan fingerprint density at radius 3 is 2.36 bits per heavy atom. The van der Waals surface area contributed by atoms with Crippen LogP contribution in [0.2, 0.25) is 5.02 Å². The summed E-state index contributed by atoms with van der Waals surface area (Å²) in [5.74, 6) is -0.794. The molecule has 2 N–H and O–H groups in total. The number of nitrogens with one attached hydrogen (secondary N) is 2. The van der Waals surface area contributed by atoms with Gasteiger partial charge in [-0.25, -0.2) is 4.98 Å². The van der Waals surface area contributed by atoms with Gasteiger partial charge >= 0.3 is 0 Å². The standard InChI is InChI=1S/C18H13ClN4O2/c19-12-5-7-13(8-6-12)22-17(24)14-3-1-2-4-15(14)23-18(25)16-11-20-9-10-21-16/h1-11H,(H,22,24)(H,23,25). The van der Waals surface area contributed by atoms with Crippen molar-refractivity contribution in [1.82, 2.24) is 9.97 Å². The molecule has 0 atom stereocenters. The summed E-state index contributed by atoms with van der Waals surface area (Å²) in [5, 5.41) is 6.02. The summed E-state index contributed by atoms with van der Waals surface area (Å²) in [6, 6.07) is 13.5. The van der Waals surface area contributed by atoms with Crippen molar-refractivity contribution in [2.75, 3.05) is 10.6 Å². The van der Waals surface area contributed by atoms with Crippen LogP contribution in [0, 0.1) is 0 Å². The van der Waals surface area contributed by atoms with Crippen LogP contribution in [0.15, 0.2) is 67.1 Å². The molecule has 0 saturated carbocycles. The summed E-state index contributed by atoms with van der Waals surface area (Å²) in [5.41, 5.74) is 1.47. The smallest absolute Gasteiger partial charge is 0.275 e. The maximum absolute atomic E-state index is 12.5. The van der Waals surface area contributed by atoms with Crippen LogP contribution in [0.3, 0.4) is 0 Å². The van der Waals surface area contributed by atoms with E-state index in [-0.39, 0.29) is 11.6 Å². The number of para-hydroxylation sites is 1. The number of anilines is 2. The Balaban J connectivity index is 1.79. The lowest BCUT2D eigenvalue weighted by Crippen LogP contribution is -2.19. The predicted octanol–water partition coefficient (Wildman–Crippen LogP) is 3.63. The molecule has 0 fully saturated rings. The SMILES string of the molecule is O=C(Nc1ccccc1C(=O)Nc1ccc(Cl)cc1)c1cnccn1. The molecule has 0 aliphatic rings. The van der Waals surface area contributed by atoms with Crippen LogP contribution in [0.25, 0.3) is 0 Å². The Labute approximate surface area is 148 Å². The molecule has 0 saturated heterocycles. The Kier molecular flexibility index (Phi) is 5.01. The van der Waals surface area contributed by atoms with Gasteiger partial charge in [-0.2, -0.15) is 0 Å². The van der Waals surface area contributed by atoms with Gasteiger partial charge in [-0.05, 0) is 36.4 Å². The quantitative estimate of drug-likeness (QED) is 0.750. The normalized spacial score (nSPS) is 10.1. The molecule has 2 amide bonds. The van der Waals surface area contributed by atoms with Gasteiger partial charge in [-0.15, -0.1) is 0 Å². The number of carbonyl (C=O) groups excluding carboxylic acids is 2. The Hall–Kier alpha value is -3.25. The number of aromatic nitrogens is 2. The van der Waals surface area contributed by atoms with Crippen molar-refractivity contribution in [3.05, 3.63) is 83.4 Å². The van der Waals surface area contributed by atoms with E-state index in [9.17, 15) is 9.59 Å². The third-order valence-electron chi connectivity index (χ3n) is 3.32. The molecular weight excluding hydrogens is 340 g/mol. The number of halogens is 1. The molecule has 0 radical (unpaired) electrons. The fourth-order valence-electron chi connectivity index (χ4n) is 2.12. The fourth-order valence-corrected chi connectivity index (χ4v) is 2.25. The number of amides is 2. The zero-order valence-corrected chi connectivity index (χ0v) is 13.7. The Morgan fingerprint density at radius 1 is 0.880 bits per heavy atom. The summed E-state index contributed by atoms with van der Waals surface area (Å²) in [4.78, 5) is 32.5. The lowest BCUT2D eigenvalue weighted by Gasteiger charge is -2.11. The van der Waals surface area contributed by atoms with Crippen molar-refractivity contribution < 1.29 is 9.59 Å². The van der Waals surface area contributed by atoms with Gasteiger partial charge in [-0.3, -0.25) is 14.6 Å². The Bertz CT molecular complexity index is 898. The summed E-state index contributed by atoms with van der Waals surface area (Å²) in [6.45, 7) is 0. The average molecular weight is 353 g/mol. The van der Waals surface area contributed by atoms with E-state index in [0.717, 1.165) is 0 Å². The molecule has 7 heteroatoms. The first kappa shape index (κ1) is 16.6. The van der Waals surface area contributed by atoms with Crippen LogP contribution >= 0.6 is 11.6 Å². The van der Waals surface area contributed by atoms with Gasteiger partial charge in [0, 0.05) is 23.1 Å². The molecular formula is C18H13ClN4O2. The second-order valence-electron chi connectivity index (χ2n) is 5.05. The molecule has 0 aliphatic carbocycles. The van der Waals surface area contributed by atoms with Gasteiger partial charge < -0.3 is 10.6 Å². The monoisotopic (exact) mass is 352 g/mol. The molecule has 1 aromatic heterocycles. The second kappa shape index (κ2) is 7.55. The second-order valence-corrected chi connectivity index (χ2v) is 5.49. The molecule has 25 heavy (non-hydrogen) atoms. The van der Waals surface area contributed by atoms with Crippen LogP contribution in [0.4, 0.5) is 11.4 Å². The van der Waals surface area contributed by atoms with E-state index in [1.165, 1.54) is 18.6 Å². The lowest BCUT2D eigenvalue weighted by molar-refractivity contribution is 0.102. The van der Waals surface area contributed by atoms with Gasteiger partial charge in [0.1, 0.15) is 5.69 Å². The third-order valence-corrected chi connectivity index (χ3v) is 3.57. The van der Waals surface area contributed by atoms with Gasteiger partial charge in [0.15, 0.2) is 0 Å². The first-order valence-corrected chi connectivity index (χ1v) is 7.74. The van der Waals surface area contributed by atoms with Crippen LogP contribution in [0.5, 0.6) is 0 Å². The Morgan fingerprint density at radius 2 is 1.64 bits per heavy atom. The zero-order chi connectivity index (χ0) is 17.6. The highest BCUT2D eigenvalue weighted by molar-refractivity contribution is 6.30. The maximum Gasteiger partial charge on any atom is 0.275 e. The topological polar surface area (TPSA) is 84.0 Å². The largest absolute Gasteiger partial charge is 0.322 e. The molecule has 0 unspecified atom stereocenters. The van der Waals surface area contributed by atoms with Crippen molar-refractivity contribution in [3.8, 4) is 0 Å². The number of benzene rings is 2. The summed E-state index contributed by atoms with van der Waals surface area (Å²) < 4.78 is 0. The molecule has 1 heterocycles. The minimum atomic E-state index is -0.445. The molecule has 3 rings (SSSR count). The highest BCUT2D eigenvalue weighted by atomic mass is 35.5. The van der Waals surface area contributed by atoms with E-state index >= 15 is 0 Å². The number of hydrogen-bond acceptors (Lipinski definition) is 4. The minimum Gasteiger partial charge on any atom is -0.322 e. The van der Waals surface area contributed by atoms with E-state index in [1.54, 1.807) is 48.5 Å². The molecule has 6 nitrogen and oxygen atoms in total. The summed E-state index contributed by atoms with van der Waals surface area (Å²) >= 11 is 5.83. The van der Waals surface area contributed by atoms with Gasteiger partial charge in [0.25, 0.3) is 11.8 Å². The molecule has 124 valence electrons. The molecule has 0 spiro atoms. The van der Waals surface area contributed by atoms with Crippen LogP contribution < -0.4 is 10.6 Å². The summed E-state index contributed by atoms with van der Waals surface area (Å²) in [7, 11) is 0. The predicted molar refractivity (Wildman–Crippen MR) is 95.8 cm³/mol. The fraction of sp³-hybridized carbons (Fsp3) is 0. The van der Waals surface area contributed by atoms with Crippen molar-refractivity contribution in [2.24, 2.45) is 0 Å². The van der Waals surface area contributed by atoms with Gasteiger partial charge in [0.05, 0.1) is 17.4 Å². The molecule has 0 aliphatic heterocycles. The maximum atomic E-state index is 12.5. The van der Waals surface area contributed by atoms with E-state index in [2.05, 4.69) is 20.6 Å².